The molecule has 0 amide bonds. The highest BCUT2D eigenvalue weighted by atomic mass is 14.7. The van der Waals surface area contributed by atoms with Crippen LogP contribution in [0.5, 0.6) is 0 Å². The van der Waals surface area contributed by atoms with Gasteiger partial charge in [-0.1, -0.05) is 6.92 Å². The maximum atomic E-state index is 3.99. The van der Waals surface area contributed by atoms with Gasteiger partial charge in [0.05, 0.1) is 0 Å². The van der Waals surface area contributed by atoms with E-state index in [2.05, 4.69) is 23.6 Å². The van der Waals surface area contributed by atoms with E-state index in [1.54, 1.807) is 13.2 Å². The zero-order valence-corrected chi connectivity index (χ0v) is 5.96. The lowest BCUT2D eigenvalue weighted by molar-refractivity contribution is 1.25. The Balaban J connectivity index is 3.84. The first kappa shape index (κ1) is 8.08. The predicted octanol–water partition coefficient (Wildman–Crippen LogP) is 1.68. The van der Waals surface area contributed by atoms with Crippen LogP contribution in [-0.2, 0) is 0 Å². The second-order valence-corrected chi connectivity index (χ2v) is 1.57. The van der Waals surface area contributed by atoms with Crippen LogP contribution < -0.4 is 0 Å². The van der Waals surface area contributed by atoms with Crippen LogP contribution in [0.2, 0.25) is 0 Å². The van der Waals surface area contributed by atoms with Gasteiger partial charge >= 0.3 is 0 Å². The molecule has 0 aliphatic rings. The van der Waals surface area contributed by atoms with Gasteiger partial charge in [-0.15, -0.1) is 0 Å². The third-order valence-corrected chi connectivity index (χ3v) is 1.02. The van der Waals surface area contributed by atoms with E-state index in [1.165, 1.54) is 0 Å². The fraction of sp³-hybridized carbons (Fsp3) is 0.429. The van der Waals surface area contributed by atoms with Crippen LogP contribution in [0.15, 0.2) is 22.3 Å². The zero-order chi connectivity index (χ0) is 7.11. The maximum absolute atomic E-state index is 3.99. The van der Waals surface area contributed by atoms with Gasteiger partial charge < -0.3 is 0 Å². The van der Waals surface area contributed by atoms with Crippen LogP contribution >= 0.6 is 0 Å². The Kier molecular flexibility index (Phi) is 4.69. The molecule has 2 heteroatoms. The summed E-state index contributed by atoms with van der Waals surface area (Å²) in [5.74, 6) is 0. The first-order valence-corrected chi connectivity index (χ1v) is 2.93. The summed E-state index contributed by atoms with van der Waals surface area (Å²) in [5, 5.41) is 0. The Bertz CT molecular complexity index is 134. The molecule has 0 saturated heterocycles. The van der Waals surface area contributed by atoms with Crippen LogP contribution in [0.3, 0.4) is 0 Å². The fourth-order valence-electron chi connectivity index (χ4n) is 0.489. The molecule has 0 rings (SSSR count). The molecule has 50 valence electrons. The summed E-state index contributed by atoms with van der Waals surface area (Å²) >= 11 is 0. The maximum Gasteiger partial charge on any atom is 0.0357 e. The molecule has 2 nitrogen and oxygen atoms in total. The number of hydrogen-bond donors (Lipinski definition) is 0. The molecule has 0 unspecified atom stereocenters. The molecule has 0 fully saturated rings. The second-order valence-electron chi connectivity index (χ2n) is 1.57. The summed E-state index contributed by atoms with van der Waals surface area (Å²) < 4.78 is 0. The van der Waals surface area contributed by atoms with Gasteiger partial charge in [-0.3, -0.25) is 9.98 Å². The van der Waals surface area contributed by atoms with E-state index < -0.39 is 0 Å². The van der Waals surface area contributed by atoms with Crippen molar-refractivity contribution in [3.05, 3.63) is 12.3 Å². The van der Waals surface area contributed by atoms with Crippen LogP contribution in [0.4, 0.5) is 0 Å². The van der Waals surface area contributed by atoms with Gasteiger partial charge in [-0.2, -0.15) is 0 Å². The smallest absolute Gasteiger partial charge is 0.0357 e. The Morgan fingerprint density at radius 2 is 2.33 bits per heavy atom. The van der Waals surface area contributed by atoms with Gasteiger partial charge in [0.1, 0.15) is 0 Å². The van der Waals surface area contributed by atoms with Crippen molar-refractivity contribution < 1.29 is 0 Å². The lowest BCUT2D eigenvalue weighted by Crippen LogP contribution is -1.87. The molecular weight excluding hydrogens is 112 g/mol. The third-order valence-electron chi connectivity index (χ3n) is 1.02. The highest BCUT2D eigenvalue weighted by Crippen LogP contribution is 1.86. The number of rotatable bonds is 3. The zero-order valence-electron chi connectivity index (χ0n) is 5.96. The molecule has 9 heavy (non-hydrogen) atoms. The van der Waals surface area contributed by atoms with Gasteiger partial charge in [0, 0.05) is 19.0 Å². The number of hydrogen-bond acceptors (Lipinski definition) is 2. The number of nitrogens with zero attached hydrogens (tertiary/aromatic N) is 2. The van der Waals surface area contributed by atoms with Crippen molar-refractivity contribution >= 4 is 12.4 Å². The van der Waals surface area contributed by atoms with Crippen molar-refractivity contribution in [2.45, 2.75) is 13.3 Å². The van der Waals surface area contributed by atoms with E-state index >= 15 is 0 Å². The molecular formula is C7H12N2. The quantitative estimate of drug-likeness (QED) is 0.511. The van der Waals surface area contributed by atoms with E-state index in [0.717, 1.165) is 12.1 Å². The molecule has 0 spiro atoms. The molecule has 0 N–H and O–H groups in total. The van der Waals surface area contributed by atoms with Gasteiger partial charge in [-0.25, -0.2) is 0 Å². The van der Waals surface area contributed by atoms with E-state index in [1.807, 2.05) is 6.08 Å². The van der Waals surface area contributed by atoms with Gasteiger partial charge in [-0.05, 0) is 19.2 Å². The lowest BCUT2D eigenvalue weighted by Gasteiger charge is -1.88. The van der Waals surface area contributed by atoms with Crippen molar-refractivity contribution in [1.29, 1.82) is 0 Å². The van der Waals surface area contributed by atoms with Gasteiger partial charge in [0.15, 0.2) is 0 Å². The highest BCUT2D eigenvalue weighted by molar-refractivity contribution is 5.94. The lowest BCUT2D eigenvalue weighted by atomic mass is 10.3. The predicted molar refractivity (Wildman–Crippen MR) is 42.3 cm³/mol. The van der Waals surface area contributed by atoms with E-state index in [0.29, 0.717) is 0 Å². The average Bonchev–Trinajstić information content (AvgIpc) is 1.91. The Morgan fingerprint density at radius 1 is 1.67 bits per heavy atom. The minimum absolute atomic E-state index is 0.947. The summed E-state index contributed by atoms with van der Waals surface area (Å²) in [6.45, 7) is 5.36. The molecule has 0 aliphatic carbocycles. The molecule has 0 bridgehead atoms. The summed E-state index contributed by atoms with van der Waals surface area (Å²) in [7, 11) is 1.77. The van der Waals surface area contributed by atoms with Crippen molar-refractivity contribution in [2.75, 3.05) is 7.05 Å². The highest BCUT2D eigenvalue weighted by Gasteiger charge is 1.82. The van der Waals surface area contributed by atoms with Crippen molar-refractivity contribution in [1.82, 2.24) is 0 Å². The van der Waals surface area contributed by atoms with Gasteiger partial charge in [0.25, 0.3) is 0 Å². The molecule has 0 aromatic carbocycles. The molecule has 0 aliphatic heterocycles. The van der Waals surface area contributed by atoms with Crippen LogP contribution in [0.25, 0.3) is 0 Å². The number of aliphatic imine (C=N–C) groups is 2. The fourth-order valence-corrected chi connectivity index (χ4v) is 0.489. The normalized spacial score (nSPS) is 12.4. The largest absolute Gasteiger partial charge is 0.293 e. The molecule has 0 heterocycles. The van der Waals surface area contributed by atoms with Gasteiger partial charge in [0.2, 0.25) is 0 Å². The molecule has 0 atom stereocenters. The Hall–Kier alpha value is -0.920. The molecule has 0 aromatic rings. The monoisotopic (exact) mass is 124 g/mol. The van der Waals surface area contributed by atoms with Crippen LogP contribution in [0, 0.1) is 0 Å². The van der Waals surface area contributed by atoms with Crippen molar-refractivity contribution in [3.8, 4) is 0 Å². The van der Waals surface area contributed by atoms with Crippen molar-refractivity contribution in [2.24, 2.45) is 9.98 Å². The van der Waals surface area contributed by atoms with Crippen LogP contribution in [-0.4, -0.2) is 19.5 Å². The van der Waals surface area contributed by atoms with E-state index in [9.17, 15) is 0 Å². The average molecular weight is 124 g/mol. The Labute approximate surface area is 56.0 Å². The Morgan fingerprint density at radius 3 is 2.67 bits per heavy atom. The van der Waals surface area contributed by atoms with Crippen LogP contribution in [0.1, 0.15) is 13.3 Å². The first-order valence-electron chi connectivity index (χ1n) is 2.93. The second kappa shape index (κ2) is 5.22. The number of allylic oxidation sites excluding steroid dienone is 1. The standard InChI is InChI=1S/C7H12N2/c1-4-7(9-3)5-6-8-2/h5-6H,2,4H2,1,3H3. The summed E-state index contributed by atoms with van der Waals surface area (Å²) in [6.07, 6.45) is 4.45. The van der Waals surface area contributed by atoms with E-state index in [-0.39, 0.29) is 0 Å². The third kappa shape index (κ3) is 3.64. The summed E-state index contributed by atoms with van der Waals surface area (Å²) in [5.41, 5.74) is 1.04. The summed E-state index contributed by atoms with van der Waals surface area (Å²) in [4.78, 5) is 7.55. The molecule has 0 radical (unpaired) electrons. The van der Waals surface area contributed by atoms with E-state index in [4.69, 9.17) is 0 Å². The molecule has 0 saturated carbocycles. The topological polar surface area (TPSA) is 24.7 Å². The SMILES string of the molecule is C=NC=CC(CC)=NC. The first-order chi connectivity index (χ1) is 4.35. The minimum atomic E-state index is 0.947. The molecule has 0 aromatic heterocycles. The summed E-state index contributed by atoms with van der Waals surface area (Å²) in [6, 6.07) is 0. The minimum Gasteiger partial charge on any atom is -0.293 e. The van der Waals surface area contributed by atoms with Crippen molar-refractivity contribution in [3.63, 3.8) is 0 Å².